The summed E-state index contributed by atoms with van der Waals surface area (Å²) in [4.78, 5) is 0. The Balaban J connectivity index is 0.00000180. The fourth-order valence-electron chi connectivity index (χ4n) is 2.31. The number of ether oxygens (including phenoxy) is 1. The second-order valence-electron chi connectivity index (χ2n) is 5.33. The minimum atomic E-state index is -3.11. The summed E-state index contributed by atoms with van der Waals surface area (Å²) in [5.41, 5.74) is 0. The number of nitrogens with zero attached hydrogens (tertiary/aromatic N) is 1. The van der Waals surface area contributed by atoms with Crippen molar-refractivity contribution < 1.29 is 13.2 Å². The van der Waals surface area contributed by atoms with Crippen molar-refractivity contribution in [3.63, 3.8) is 0 Å². The molecule has 1 aliphatic carbocycles. The molecule has 0 radical (unpaired) electrons. The quantitative estimate of drug-likeness (QED) is 0.757. The molecular weight excluding hydrogens is 288 g/mol. The standard InChI is InChI=1S/C12H24N2O3S.ClH/c1-17-8-9-18(15,16)14-6-4-12(5-7-14)13-10-11-2-3-11;/h11-13H,2-10H2,1H3;1H. The van der Waals surface area contributed by atoms with E-state index in [0.717, 1.165) is 25.3 Å². The lowest BCUT2D eigenvalue weighted by molar-refractivity contribution is 0.214. The van der Waals surface area contributed by atoms with Gasteiger partial charge in [0.1, 0.15) is 0 Å². The van der Waals surface area contributed by atoms with E-state index in [1.807, 2.05) is 0 Å². The molecule has 1 saturated heterocycles. The normalized spacial score (nSPS) is 22.2. The molecular formula is C12H25ClN2O3S. The molecule has 0 aromatic carbocycles. The third kappa shape index (κ3) is 5.55. The lowest BCUT2D eigenvalue weighted by atomic mass is 10.1. The molecule has 2 rings (SSSR count). The molecule has 2 aliphatic rings. The molecule has 1 saturated carbocycles. The van der Waals surface area contributed by atoms with Crippen LogP contribution in [0.2, 0.25) is 0 Å². The van der Waals surface area contributed by atoms with Gasteiger partial charge in [0.05, 0.1) is 12.4 Å². The number of nitrogens with one attached hydrogen (secondary N) is 1. The fraction of sp³-hybridized carbons (Fsp3) is 1.00. The maximum absolute atomic E-state index is 12.0. The van der Waals surface area contributed by atoms with Crippen LogP contribution in [-0.4, -0.2) is 57.9 Å². The monoisotopic (exact) mass is 312 g/mol. The summed E-state index contributed by atoms with van der Waals surface area (Å²) in [6.07, 6.45) is 4.58. The molecule has 0 aromatic heterocycles. The minimum absolute atomic E-state index is 0. The van der Waals surface area contributed by atoms with Gasteiger partial charge in [0.25, 0.3) is 0 Å². The number of methoxy groups -OCH3 is 1. The number of halogens is 1. The van der Waals surface area contributed by atoms with Crippen LogP contribution in [-0.2, 0) is 14.8 Å². The summed E-state index contributed by atoms with van der Waals surface area (Å²) in [6.45, 7) is 2.69. The minimum Gasteiger partial charge on any atom is -0.384 e. The van der Waals surface area contributed by atoms with Gasteiger partial charge in [-0.2, -0.15) is 0 Å². The molecule has 1 heterocycles. The van der Waals surface area contributed by atoms with E-state index in [1.165, 1.54) is 20.0 Å². The Hall–Kier alpha value is 0.120. The van der Waals surface area contributed by atoms with Crippen molar-refractivity contribution in [2.24, 2.45) is 5.92 Å². The molecule has 7 heteroatoms. The van der Waals surface area contributed by atoms with Crippen molar-refractivity contribution in [3.05, 3.63) is 0 Å². The predicted octanol–water partition coefficient (Wildman–Crippen LogP) is 0.848. The lowest BCUT2D eigenvalue weighted by Crippen LogP contribution is -2.46. The number of sulfonamides is 1. The number of hydrogen-bond donors (Lipinski definition) is 1. The van der Waals surface area contributed by atoms with Crippen molar-refractivity contribution in [1.29, 1.82) is 0 Å². The third-order valence-corrected chi connectivity index (χ3v) is 5.62. The zero-order valence-corrected chi connectivity index (χ0v) is 13.1. The van der Waals surface area contributed by atoms with Crippen LogP contribution >= 0.6 is 12.4 Å². The Kier molecular flexibility index (Phi) is 7.04. The third-order valence-electron chi connectivity index (χ3n) is 3.78. The summed E-state index contributed by atoms with van der Waals surface area (Å²) in [5, 5.41) is 3.55. The Morgan fingerprint density at radius 3 is 2.37 bits per heavy atom. The van der Waals surface area contributed by atoms with Crippen LogP contribution in [0.15, 0.2) is 0 Å². The van der Waals surface area contributed by atoms with Gasteiger partial charge in [0.15, 0.2) is 0 Å². The molecule has 5 nitrogen and oxygen atoms in total. The van der Waals surface area contributed by atoms with Crippen LogP contribution < -0.4 is 5.32 Å². The summed E-state index contributed by atoms with van der Waals surface area (Å²) >= 11 is 0. The van der Waals surface area contributed by atoms with Crippen molar-refractivity contribution in [2.45, 2.75) is 31.7 Å². The summed E-state index contributed by atoms with van der Waals surface area (Å²) in [5.74, 6) is 0.984. The van der Waals surface area contributed by atoms with E-state index in [-0.39, 0.29) is 24.8 Å². The van der Waals surface area contributed by atoms with Gasteiger partial charge in [0, 0.05) is 26.2 Å². The zero-order valence-electron chi connectivity index (χ0n) is 11.5. The van der Waals surface area contributed by atoms with Crippen LogP contribution in [0, 0.1) is 5.92 Å². The topological polar surface area (TPSA) is 58.6 Å². The Morgan fingerprint density at radius 1 is 1.21 bits per heavy atom. The average Bonchev–Trinajstić information content (AvgIpc) is 3.18. The largest absolute Gasteiger partial charge is 0.384 e. The SMILES string of the molecule is COCCS(=O)(=O)N1CCC(NCC2CC2)CC1.Cl. The van der Waals surface area contributed by atoms with E-state index < -0.39 is 10.0 Å². The van der Waals surface area contributed by atoms with Crippen LogP contribution in [0.25, 0.3) is 0 Å². The van der Waals surface area contributed by atoms with E-state index in [4.69, 9.17) is 4.74 Å². The van der Waals surface area contributed by atoms with Gasteiger partial charge >= 0.3 is 0 Å². The molecule has 1 N–H and O–H groups in total. The molecule has 0 spiro atoms. The fourth-order valence-corrected chi connectivity index (χ4v) is 3.71. The maximum atomic E-state index is 12.0. The van der Waals surface area contributed by atoms with Crippen molar-refractivity contribution in [1.82, 2.24) is 9.62 Å². The highest BCUT2D eigenvalue weighted by molar-refractivity contribution is 7.89. The molecule has 0 bridgehead atoms. The second-order valence-corrected chi connectivity index (χ2v) is 7.42. The molecule has 0 aromatic rings. The summed E-state index contributed by atoms with van der Waals surface area (Å²) < 4.78 is 30.4. The second kappa shape index (κ2) is 7.78. The van der Waals surface area contributed by atoms with Gasteiger partial charge in [-0.25, -0.2) is 12.7 Å². The maximum Gasteiger partial charge on any atom is 0.216 e. The molecule has 2 fully saturated rings. The van der Waals surface area contributed by atoms with E-state index >= 15 is 0 Å². The number of hydrogen-bond acceptors (Lipinski definition) is 4. The van der Waals surface area contributed by atoms with E-state index in [9.17, 15) is 8.42 Å². The zero-order chi connectivity index (χ0) is 13.0. The molecule has 0 amide bonds. The lowest BCUT2D eigenvalue weighted by Gasteiger charge is -2.31. The predicted molar refractivity (Wildman–Crippen MR) is 78.2 cm³/mol. The van der Waals surface area contributed by atoms with E-state index in [0.29, 0.717) is 19.1 Å². The Labute approximate surface area is 122 Å². The van der Waals surface area contributed by atoms with E-state index in [1.54, 1.807) is 4.31 Å². The van der Waals surface area contributed by atoms with Crippen LogP contribution in [0.1, 0.15) is 25.7 Å². The van der Waals surface area contributed by atoms with Crippen molar-refractivity contribution in [2.75, 3.05) is 39.1 Å². The molecule has 19 heavy (non-hydrogen) atoms. The van der Waals surface area contributed by atoms with Crippen LogP contribution in [0.3, 0.4) is 0 Å². The van der Waals surface area contributed by atoms with Crippen LogP contribution in [0.5, 0.6) is 0 Å². The van der Waals surface area contributed by atoms with Gasteiger partial charge in [-0.05, 0) is 38.1 Å². The van der Waals surface area contributed by atoms with Gasteiger partial charge in [-0.1, -0.05) is 0 Å². The van der Waals surface area contributed by atoms with Crippen molar-refractivity contribution >= 4 is 22.4 Å². The van der Waals surface area contributed by atoms with Crippen molar-refractivity contribution in [3.8, 4) is 0 Å². The van der Waals surface area contributed by atoms with E-state index in [2.05, 4.69) is 5.32 Å². The number of piperidine rings is 1. The molecule has 114 valence electrons. The first-order valence-corrected chi connectivity index (χ1v) is 8.43. The Morgan fingerprint density at radius 2 is 1.84 bits per heavy atom. The van der Waals surface area contributed by atoms with Crippen LogP contribution in [0.4, 0.5) is 0 Å². The highest BCUT2D eigenvalue weighted by Crippen LogP contribution is 2.28. The highest BCUT2D eigenvalue weighted by Gasteiger charge is 2.28. The Bertz CT molecular complexity index is 352. The first-order valence-electron chi connectivity index (χ1n) is 6.82. The summed E-state index contributed by atoms with van der Waals surface area (Å²) in [7, 11) is -1.58. The van der Waals surface area contributed by atoms with Gasteiger partial charge in [-0.3, -0.25) is 0 Å². The first-order chi connectivity index (χ1) is 8.62. The smallest absolute Gasteiger partial charge is 0.216 e. The summed E-state index contributed by atoms with van der Waals surface area (Å²) in [6, 6.07) is 0.500. The average molecular weight is 313 g/mol. The first kappa shape index (κ1) is 17.2. The molecule has 0 unspecified atom stereocenters. The highest BCUT2D eigenvalue weighted by atomic mass is 35.5. The molecule has 0 atom stereocenters. The van der Waals surface area contributed by atoms with Gasteiger partial charge in [-0.15, -0.1) is 12.4 Å². The van der Waals surface area contributed by atoms with Gasteiger partial charge < -0.3 is 10.1 Å². The molecule has 1 aliphatic heterocycles. The number of rotatable bonds is 7. The van der Waals surface area contributed by atoms with Gasteiger partial charge in [0.2, 0.25) is 10.0 Å².